The number of benzene rings is 1. The van der Waals surface area contributed by atoms with Gasteiger partial charge in [-0.3, -0.25) is 4.90 Å². The number of fused-ring (bicyclic) bond motifs is 1. The third kappa shape index (κ3) is 3.28. The van der Waals surface area contributed by atoms with Gasteiger partial charge in [-0.25, -0.2) is 4.68 Å². The zero-order chi connectivity index (χ0) is 15.4. The number of aromatic nitrogens is 3. The smallest absolute Gasteiger partial charge is 0.119 e. The molecule has 118 valence electrons. The van der Waals surface area contributed by atoms with E-state index in [1.54, 1.807) is 14.2 Å². The van der Waals surface area contributed by atoms with E-state index < -0.39 is 0 Å². The lowest BCUT2D eigenvalue weighted by Crippen LogP contribution is -2.23. The van der Waals surface area contributed by atoms with Crippen LogP contribution in [0.5, 0.6) is 5.75 Å². The molecule has 0 saturated carbocycles. The third-order valence-electron chi connectivity index (χ3n) is 3.96. The van der Waals surface area contributed by atoms with E-state index in [-0.39, 0.29) is 0 Å². The number of nitrogens with zero attached hydrogens (tertiary/aromatic N) is 4. The van der Waals surface area contributed by atoms with Crippen LogP contribution in [0.25, 0.3) is 0 Å². The van der Waals surface area contributed by atoms with Gasteiger partial charge in [0.1, 0.15) is 11.4 Å². The molecule has 0 amide bonds. The monoisotopic (exact) mass is 302 g/mol. The second-order valence-electron chi connectivity index (χ2n) is 5.55. The van der Waals surface area contributed by atoms with E-state index in [2.05, 4.69) is 27.3 Å². The van der Waals surface area contributed by atoms with Crippen molar-refractivity contribution in [3.63, 3.8) is 0 Å². The molecule has 6 heteroatoms. The first-order chi connectivity index (χ1) is 10.8. The van der Waals surface area contributed by atoms with Crippen LogP contribution in [0.3, 0.4) is 0 Å². The topological polar surface area (TPSA) is 52.4 Å². The van der Waals surface area contributed by atoms with Crippen molar-refractivity contribution in [2.75, 3.05) is 20.8 Å². The van der Waals surface area contributed by atoms with E-state index in [9.17, 15) is 0 Å². The highest BCUT2D eigenvalue weighted by molar-refractivity contribution is 5.28. The van der Waals surface area contributed by atoms with E-state index in [0.717, 1.165) is 44.0 Å². The van der Waals surface area contributed by atoms with E-state index in [0.29, 0.717) is 6.61 Å². The Kier molecular flexibility index (Phi) is 4.70. The Morgan fingerprint density at radius 1 is 1.23 bits per heavy atom. The number of hydrogen-bond acceptors (Lipinski definition) is 5. The van der Waals surface area contributed by atoms with Crippen molar-refractivity contribution in [3.05, 3.63) is 41.2 Å². The zero-order valence-electron chi connectivity index (χ0n) is 13.2. The summed E-state index contributed by atoms with van der Waals surface area (Å²) in [5.74, 6) is 0.902. The largest absolute Gasteiger partial charge is 0.497 e. The first-order valence-electron chi connectivity index (χ1n) is 7.55. The third-order valence-corrected chi connectivity index (χ3v) is 3.96. The summed E-state index contributed by atoms with van der Waals surface area (Å²) in [6, 6.07) is 8.24. The Bertz CT molecular complexity index is 626. The average Bonchev–Trinajstić information content (AvgIpc) is 2.79. The van der Waals surface area contributed by atoms with Crippen LogP contribution in [0.4, 0.5) is 0 Å². The van der Waals surface area contributed by atoms with Gasteiger partial charge in [-0.1, -0.05) is 17.3 Å². The van der Waals surface area contributed by atoms with Gasteiger partial charge in [-0.15, -0.1) is 5.10 Å². The van der Waals surface area contributed by atoms with E-state index in [1.807, 2.05) is 16.8 Å². The molecule has 2 heterocycles. The minimum absolute atomic E-state index is 0.516. The maximum atomic E-state index is 5.30. The Balaban J connectivity index is 1.75. The number of methoxy groups -OCH3 is 2. The Morgan fingerprint density at radius 3 is 2.95 bits per heavy atom. The molecule has 1 aromatic heterocycles. The summed E-state index contributed by atoms with van der Waals surface area (Å²) in [5.41, 5.74) is 3.37. The summed E-state index contributed by atoms with van der Waals surface area (Å²) in [6.07, 6.45) is 1.08. The van der Waals surface area contributed by atoms with Crippen LogP contribution in [0, 0.1) is 0 Å². The molecule has 0 radical (unpaired) electrons. The molecule has 0 aliphatic carbocycles. The average molecular weight is 302 g/mol. The summed E-state index contributed by atoms with van der Waals surface area (Å²) in [5, 5.41) is 8.48. The predicted molar refractivity (Wildman–Crippen MR) is 82.5 cm³/mol. The number of aryl methyl sites for hydroxylation is 1. The molecule has 2 aromatic rings. The maximum absolute atomic E-state index is 5.30. The first kappa shape index (κ1) is 15.0. The Labute approximate surface area is 130 Å². The highest BCUT2D eigenvalue weighted by Crippen LogP contribution is 2.19. The fourth-order valence-electron chi connectivity index (χ4n) is 2.87. The van der Waals surface area contributed by atoms with Crippen molar-refractivity contribution >= 4 is 0 Å². The van der Waals surface area contributed by atoms with Gasteiger partial charge in [-0.05, 0) is 24.1 Å². The quantitative estimate of drug-likeness (QED) is 0.843. The van der Waals surface area contributed by atoms with Crippen LogP contribution >= 0.6 is 0 Å². The second kappa shape index (κ2) is 6.89. The molecule has 1 aromatic carbocycles. The molecule has 1 aliphatic heterocycles. The summed E-state index contributed by atoms with van der Waals surface area (Å²) < 4.78 is 12.5. The normalized spacial score (nSPS) is 15.4. The van der Waals surface area contributed by atoms with E-state index in [1.165, 1.54) is 11.3 Å². The fraction of sp³-hybridized carbons (Fsp3) is 0.500. The molecule has 6 nitrogen and oxygen atoms in total. The minimum atomic E-state index is 0.516. The molecular weight excluding hydrogens is 280 g/mol. The molecule has 0 N–H and O–H groups in total. The van der Waals surface area contributed by atoms with Gasteiger partial charge in [-0.2, -0.15) is 0 Å². The lowest BCUT2D eigenvalue weighted by Gasteiger charge is -2.20. The molecule has 0 unspecified atom stereocenters. The van der Waals surface area contributed by atoms with Gasteiger partial charge in [0.05, 0.1) is 19.4 Å². The van der Waals surface area contributed by atoms with Crippen molar-refractivity contribution in [2.24, 2.45) is 0 Å². The van der Waals surface area contributed by atoms with Crippen LogP contribution < -0.4 is 4.74 Å². The van der Waals surface area contributed by atoms with Gasteiger partial charge in [0, 0.05) is 33.3 Å². The lowest BCUT2D eigenvalue weighted by molar-refractivity contribution is 0.178. The van der Waals surface area contributed by atoms with Crippen LogP contribution in [-0.2, 0) is 31.0 Å². The summed E-state index contributed by atoms with van der Waals surface area (Å²) in [6.45, 7) is 4.23. The zero-order valence-corrected chi connectivity index (χ0v) is 13.2. The Morgan fingerprint density at radius 2 is 2.14 bits per heavy atom. The molecular formula is C16H22N4O2. The van der Waals surface area contributed by atoms with Crippen molar-refractivity contribution < 1.29 is 9.47 Å². The highest BCUT2D eigenvalue weighted by Gasteiger charge is 2.20. The molecule has 0 spiro atoms. The first-order valence-corrected chi connectivity index (χ1v) is 7.55. The summed E-state index contributed by atoms with van der Waals surface area (Å²) in [4.78, 5) is 2.43. The van der Waals surface area contributed by atoms with Crippen LogP contribution in [0.15, 0.2) is 24.3 Å². The summed E-state index contributed by atoms with van der Waals surface area (Å²) in [7, 11) is 3.39. The van der Waals surface area contributed by atoms with Crippen LogP contribution in [0.1, 0.15) is 23.4 Å². The van der Waals surface area contributed by atoms with Crippen molar-refractivity contribution in [3.8, 4) is 5.75 Å². The molecule has 3 rings (SSSR count). The van der Waals surface area contributed by atoms with Crippen molar-refractivity contribution in [1.82, 2.24) is 19.9 Å². The van der Waals surface area contributed by atoms with Crippen molar-refractivity contribution in [2.45, 2.75) is 32.7 Å². The molecule has 0 bridgehead atoms. The molecule has 0 fully saturated rings. The fourth-order valence-corrected chi connectivity index (χ4v) is 2.87. The SMILES string of the molecule is COCc1nnn2c1CN(Cc1cccc(OC)c1)CCC2. The van der Waals surface area contributed by atoms with Crippen LogP contribution in [-0.4, -0.2) is 40.7 Å². The van der Waals surface area contributed by atoms with E-state index >= 15 is 0 Å². The standard InChI is InChI=1S/C16H22N4O2/c1-21-12-15-16-11-19(7-4-8-20(16)18-17-15)10-13-5-3-6-14(9-13)22-2/h3,5-6,9H,4,7-8,10-12H2,1-2H3. The molecule has 1 aliphatic rings. The number of rotatable bonds is 5. The van der Waals surface area contributed by atoms with Gasteiger partial charge in [0.2, 0.25) is 0 Å². The van der Waals surface area contributed by atoms with Crippen molar-refractivity contribution in [1.29, 1.82) is 0 Å². The summed E-state index contributed by atoms with van der Waals surface area (Å²) >= 11 is 0. The van der Waals surface area contributed by atoms with Gasteiger partial charge in [0.25, 0.3) is 0 Å². The molecule has 22 heavy (non-hydrogen) atoms. The second-order valence-corrected chi connectivity index (χ2v) is 5.55. The predicted octanol–water partition coefficient (Wildman–Crippen LogP) is 1.84. The van der Waals surface area contributed by atoms with Gasteiger partial charge in [0.15, 0.2) is 0 Å². The van der Waals surface area contributed by atoms with Gasteiger partial charge < -0.3 is 9.47 Å². The van der Waals surface area contributed by atoms with E-state index in [4.69, 9.17) is 9.47 Å². The lowest BCUT2D eigenvalue weighted by atomic mass is 10.2. The highest BCUT2D eigenvalue weighted by atomic mass is 16.5. The molecule has 0 atom stereocenters. The van der Waals surface area contributed by atoms with Gasteiger partial charge >= 0.3 is 0 Å². The number of hydrogen-bond donors (Lipinski definition) is 0. The maximum Gasteiger partial charge on any atom is 0.119 e. The molecule has 0 saturated heterocycles. The van der Waals surface area contributed by atoms with Crippen LogP contribution in [0.2, 0.25) is 0 Å². The Hall–Kier alpha value is -1.92. The number of ether oxygens (including phenoxy) is 2. The minimum Gasteiger partial charge on any atom is -0.497 e.